The number of carbonyl (C=O) groups excluding carboxylic acids is 1. The molecule has 6 heteroatoms. The largest absolute Gasteiger partial charge is 0.347 e. The molecule has 0 saturated carbocycles. The van der Waals surface area contributed by atoms with Crippen molar-refractivity contribution >= 4 is 5.91 Å². The summed E-state index contributed by atoms with van der Waals surface area (Å²) in [5.74, 6) is 1.74. The Labute approximate surface area is 173 Å². The number of rotatable bonds is 8. The normalized spacial score (nSPS) is 15.2. The van der Waals surface area contributed by atoms with Gasteiger partial charge in [-0.3, -0.25) is 4.79 Å². The van der Waals surface area contributed by atoms with E-state index in [0.717, 1.165) is 75.1 Å². The topological polar surface area (TPSA) is 71.0 Å². The molecule has 0 spiro atoms. The van der Waals surface area contributed by atoms with Gasteiger partial charge < -0.3 is 4.90 Å². The van der Waals surface area contributed by atoms with Gasteiger partial charge in [0, 0.05) is 25.4 Å². The number of aromatic amines is 1. The SMILES string of the molecule is CCCC(CCC)C(=O)N1CCC(Cc2n[nH]c(=O)n2-c2ccccc2C)CC1. The van der Waals surface area contributed by atoms with Crippen molar-refractivity contribution < 1.29 is 4.79 Å². The van der Waals surface area contributed by atoms with Crippen molar-refractivity contribution in [2.24, 2.45) is 11.8 Å². The minimum absolute atomic E-state index is 0.180. The van der Waals surface area contributed by atoms with Crippen LogP contribution in [0.15, 0.2) is 29.1 Å². The summed E-state index contributed by atoms with van der Waals surface area (Å²) in [6.45, 7) is 7.94. The minimum Gasteiger partial charge on any atom is -0.342 e. The molecule has 0 unspecified atom stereocenters. The van der Waals surface area contributed by atoms with E-state index >= 15 is 0 Å². The van der Waals surface area contributed by atoms with Crippen molar-refractivity contribution in [1.82, 2.24) is 19.7 Å². The first-order valence-corrected chi connectivity index (χ1v) is 11.1. The monoisotopic (exact) mass is 398 g/mol. The molecule has 158 valence electrons. The lowest BCUT2D eigenvalue weighted by molar-refractivity contribution is -0.137. The Bertz CT molecular complexity index is 856. The highest BCUT2D eigenvalue weighted by atomic mass is 16.2. The maximum absolute atomic E-state index is 12.9. The third kappa shape index (κ3) is 4.98. The molecule has 0 bridgehead atoms. The molecular formula is C23H34N4O2. The smallest absolute Gasteiger partial charge is 0.342 e. The second-order valence-electron chi connectivity index (χ2n) is 8.31. The molecule has 6 nitrogen and oxygen atoms in total. The maximum Gasteiger partial charge on any atom is 0.347 e. The molecule has 0 atom stereocenters. The summed E-state index contributed by atoms with van der Waals surface area (Å²) in [4.78, 5) is 27.3. The van der Waals surface area contributed by atoms with Crippen molar-refractivity contribution in [3.8, 4) is 5.69 Å². The summed E-state index contributed by atoms with van der Waals surface area (Å²) in [7, 11) is 0. The fraction of sp³-hybridized carbons (Fsp3) is 0.609. The lowest BCUT2D eigenvalue weighted by atomic mass is 9.91. The third-order valence-electron chi connectivity index (χ3n) is 6.12. The summed E-state index contributed by atoms with van der Waals surface area (Å²) in [5.41, 5.74) is 1.75. The number of H-pyrrole nitrogens is 1. The molecule has 2 heterocycles. The predicted octanol–water partition coefficient (Wildman–Crippen LogP) is 3.87. The molecule has 1 amide bonds. The summed E-state index contributed by atoms with van der Waals surface area (Å²) in [6.07, 6.45) is 6.77. The number of likely N-dealkylation sites (tertiary alicyclic amines) is 1. The van der Waals surface area contributed by atoms with Crippen LogP contribution < -0.4 is 5.69 Å². The maximum atomic E-state index is 12.9. The first kappa shape index (κ1) is 21.3. The van der Waals surface area contributed by atoms with Crippen LogP contribution in [0.4, 0.5) is 0 Å². The highest BCUT2D eigenvalue weighted by Gasteiger charge is 2.28. The standard InChI is InChI=1S/C23H34N4O2/c1-4-8-19(9-5-2)22(28)26-14-12-18(13-15-26)16-21-24-25-23(29)27(21)20-11-7-6-10-17(20)3/h6-7,10-11,18-19H,4-5,8-9,12-16H2,1-3H3,(H,25,29). The van der Waals surface area contributed by atoms with E-state index in [-0.39, 0.29) is 11.6 Å². The van der Waals surface area contributed by atoms with Crippen LogP contribution in [0, 0.1) is 18.8 Å². The van der Waals surface area contributed by atoms with E-state index in [4.69, 9.17) is 0 Å². The summed E-state index contributed by atoms with van der Waals surface area (Å²) in [6, 6.07) is 7.88. The van der Waals surface area contributed by atoms with Gasteiger partial charge in [-0.2, -0.15) is 5.10 Å². The number of carbonyl (C=O) groups is 1. The van der Waals surface area contributed by atoms with Crippen molar-refractivity contribution in [2.45, 2.75) is 65.7 Å². The van der Waals surface area contributed by atoms with Crippen LogP contribution in [-0.4, -0.2) is 38.7 Å². The van der Waals surface area contributed by atoms with E-state index in [2.05, 4.69) is 28.9 Å². The Hall–Kier alpha value is -2.37. The van der Waals surface area contributed by atoms with Crippen molar-refractivity contribution in [1.29, 1.82) is 0 Å². The van der Waals surface area contributed by atoms with Gasteiger partial charge in [-0.15, -0.1) is 0 Å². The number of aryl methyl sites for hydroxylation is 1. The second kappa shape index (κ2) is 9.90. The quantitative estimate of drug-likeness (QED) is 0.734. The zero-order chi connectivity index (χ0) is 20.8. The molecule has 1 aliphatic heterocycles. The van der Waals surface area contributed by atoms with Gasteiger partial charge in [-0.05, 0) is 50.2 Å². The Morgan fingerprint density at radius 1 is 1.17 bits per heavy atom. The molecule has 1 aliphatic rings. The molecule has 1 fully saturated rings. The number of amides is 1. The van der Waals surface area contributed by atoms with Crippen LogP contribution in [0.5, 0.6) is 0 Å². The number of para-hydroxylation sites is 1. The van der Waals surface area contributed by atoms with E-state index < -0.39 is 0 Å². The zero-order valence-electron chi connectivity index (χ0n) is 18.0. The highest BCUT2D eigenvalue weighted by Crippen LogP contribution is 2.25. The van der Waals surface area contributed by atoms with Crippen LogP contribution in [0.1, 0.15) is 63.8 Å². The predicted molar refractivity (Wildman–Crippen MR) is 115 cm³/mol. The van der Waals surface area contributed by atoms with Crippen molar-refractivity contribution in [3.05, 3.63) is 46.1 Å². The van der Waals surface area contributed by atoms with E-state index in [1.54, 1.807) is 4.57 Å². The van der Waals surface area contributed by atoms with Crippen LogP contribution in [-0.2, 0) is 11.2 Å². The fourth-order valence-corrected chi connectivity index (χ4v) is 4.49. The van der Waals surface area contributed by atoms with Crippen LogP contribution in [0.2, 0.25) is 0 Å². The Morgan fingerprint density at radius 2 is 1.83 bits per heavy atom. The Balaban J connectivity index is 1.64. The molecular weight excluding hydrogens is 364 g/mol. The Kier molecular flexibility index (Phi) is 7.29. The van der Waals surface area contributed by atoms with Gasteiger partial charge >= 0.3 is 5.69 Å². The van der Waals surface area contributed by atoms with Crippen LogP contribution >= 0.6 is 0 Å². The number of piperidine rings is 1. The number of nitrogens with one attached hydrogen (secondary N) is 1. The summed E-state index contributed by atoms with van der Waals surface area (Å²) in [5, 5.41) is 6.92. The number of hydrogen-bond donors (Lipinski definition) is 1. The first-order valence-electron chi connectivity index (χ1n) is 11.1. The minimum atomic E-state index is -0.191. The van der Waals surface area contributed by atoms with E-state index in [0.29, 0.717) is 11.8 Å². The highest BCUT2D eigenvalue weighted by molar-refractivity contribution is 5.78. The average Bonchev–Trinajstić information content (AvgIpc) is 3.08. The van der Waals surface area contributed by atoms with Gasteiger partial charge in [0.1, 0.15) is 5.82 Å². The number of benzene rings is 1. The van der Waals surface area contributed by atoms with Gasteiger partial charge in [0.15, 0.2) is 0 Å². The average molecular weight is 399 g/mol. The number of nitrogens with zero attached hydrogens (tertiary/aromatic N) is 3. The molecule has 0 radical (unpaired) electrons. The lowest BCUT2D eigenvalue weighted by Gasteiger charge is -2.34. The summed E-state index contributed by atoms with van der Waals surface area (Å²) < 4.78 is 1.70. The summed E-state index contributed by atoms with van der Waals surface area (Å²) >= 11 is 0. The first-order chi connectivity index (χ1) is 14.0. The van der Waals surface area contributed by atoms with E-state index in [1.807, 2.05) is 31.2 Å². The third-order valence-corrected chi connectivity index (χ3v) is 6.12. The van der Waals surface area contributed by atoms with Gasteiger partial charge in [0.25, 0.3) is 0 Å². The lowest BCUT2D eigenvalue weighted by Crippen LogP contribution is -2.42. The van der Waals surface area contributed by atoms with Crippen LogP contribution in [0.25, 0.3) is 5.69 Å². The molecule has 1 aromatic carbocycles. The number of aromatic nitrogens is 3. The van der Waals surface area contributed by atoms with Crippen LogP contribution in [0.3, 0.4) is 0 Å². The van der Waals surface area contributed by atoms with Crippen molar-refractivity contribution in [2.75, 3.05) is 13.1 Å². The second-order valence-corrected chi connectivity index (χ2v) is 8.31. The zero-order valence-corrected chi connectivity index (χ0v) is 18.0. The van der Waals surface area contributed by atoms with Gasteiger partial charge in [-0.1, -0.05) is 44.9 Å². The van der Waals surface area contributed by atoms with E-state index in [1.165, 1.54) is 0 Å². The Morgan fingerprint density at radius 3 is 2.45 bits per heavy atom. The number of hydrogen-bond acceptors (Lipinski definition) is 3. The van der Waals surface area contributed by atoms with Gasteiger partial charge in [0.2, 0.25) is 5.91 Å². The molecule has 3 rings (SSSR count). The molecule has 29 heavy (non-hydrogen) atoms. The van der Waals surface area contributed by atoms with Crippen molar-refractivity contribution in [3.63, 3.8) is 0 Å². The molecule has 1 aromatic heterocycles. The molecule has 1 N–H and O–H groups in total. The molecule has 0 aliphatic carbocycles. The molecule has 1 saturated heterocycles. The van der Waals surface area contributed by atoms with E-state index in [9.17, 15) is 9.59 Å². The van der Waals surface area contributed by atoms with Gasteiger partial charge in [0.05, 0.1) is 5.69 Å². The van der Waals surface area contributed by atoms with Gasteiger partial charge in [-0.25, -0.2) is 14.5 Å². The molecule has 2 aromatic rings. The fourth-order valence-electron chi connectivity index (χ4n) is 4.49.